The molecule has 0 aromatic heterocycles. The van der Waals surface area contributed by atoms with Gasteiger partial charge in [-0.25, -0.2) is 12.7 Å². The number of carboxylic acid groups (broad SMARTS) is 1. The molecule has 0 saturated carbocycles. The maximum atomic E-state index is 12.8. The second-order valence-electron chi connectivity index (χ2n) is 6.05. The number of nitrogens with zero attached hydrogens (tertiary/aromatic N) is 2. The number of carbonyl (C=O) groups excluding carboxylic acids is 1. The summed E-state index contributed by atoms with van der Waals surface area (Å²) in [5.41, 5.74) is 0.152. The molecule has 0 atom stereocenters. The summed E-state index contributed by atoms with van der Waals surface area (Å²) >= 11 is 0. The molecule has 1 aromatic carbocycles. The number of methoxy groups -OCH3 is 1. The molecule has 0 spiro atoms. The van der Waals surface area contributed by atoms with Gasteiger partial charge in [-0.15, -0.1) is 0 Å². The van der Waals surface area contributed by atoms with Crippen LogP contribution in [0.5, 0.6) is 5.75 Å². The first-order valence-electron chi connectivity index (χ1n) is 7.81. The first-order valence-corrected chi connectivity index (χ1v) is 9.25. The van der Waals surface area contributed by atoms with Crippen LogP contribution in [0.4, 0.5) is 0 Å². The van der Waals surface area contributed by atoms with Gasteiger partial charge in [0.2, 0.25) is 10.0 Å². The van der Waals surface area contributed by atoms with E-state index in [0.717, 1.165) is 4.31 Å². The van der Waals surface area contributed by atoms with Crippen LogP contribution in [0.2, 0.25) is 0 Å². The number of likely N-dealkylation sites (tertiary alicyclic amines) is 1. The van der Waals surface area contributed by atoms with Crippen LogP contribution in [0, 0.1) is 5.92 Å². The molecular formula is C16H22N2O6S. The zero-order valence-corrected chi connectivity index (χ0v) is 15.2. The van der Waals surface area contributed by atoms with Crippen molar-refractivity contribution in [2.24, 2.45) is 5.92 Å². The van der Waals surface area contributed by atoms with E-state index in [9.17, 15) is 18.0 Å². The van der Waals surface area contributed by atoms with E-state index >= 15 is 0 Å². The maximum Gasteiger partial charge on any atom is 0.306 e. The molecule has 1 aromatic rings. The smallest absolute Gasteiger partial charge is 0.306 e. The fourth-order valence-corrected chi connectivity index (χ4v) is 3.65. The summed E-state index contributed by atoms with van der Waals surface area (Å²) in [7, 11) is 0.555. The van der Waals surface area contributed by atoms with E-state index in [0.29, 0.717) is 25.9 Å². The Morgan fingerprint density at radius 3 is 2.32 bits per heavy atom. The van der Waals surface area contributed by atoms with Crippen LogP contribution in [0.1, 0.15) is 23.2 Å². The number of ether oxygens (including phenoxy) is 1. The van der Waals surface area contributed by atoms with Crippen molar-refractivity contribution in [2.45, 2.75) is 17.7 Å². The molecule has 0 unspecified atom stereocenters. The Bertz CT molecular complexity index is 767. The number of hydrogen-bond donors (Lipinski definition) is 1. The molecule has 1 aliphatic heterocycles. The van der Waals surface area contributed by atoms with Crippen molar-refractivity contribution in [3.05, 3.63) is 23.8 Å². The van der Waals surface area contributed by atoms with Gasteiger partial charge in [-0.3, -0.25) is 9.59 Å². The van der Waals surface area contributed by atoms with Crippen LogP contribution in [0.3, 0.4) is 0 Å². The normalized spacial score (nSPS) is 16.1. The highest BCUT2D eigenvalue weighted by atomic mass is 32.2. The van der Waals surface area contributed by atoms with E-state index in [1.54, 1.807) is 0 Å². The predicted octanol–water partition coefficient (Wildman–Crippen LogP) is 0.882. The third-order valence-electron chi connectivity index (χ3n) is 4.31. The molecule has 1 saturated heterocycles. The molecular weight excluding hydrogens is 348 g/mol. The molecule has 1 fully saturated rings. The van der Waals surface area contributed by atoms with E-state index in [4.69, 9.17) is 9.84 Å². The largest absolute Gasteiger partial charge is 0.496 e. The van der Waals surface area contributed by atoms with Crippen molar-refractivity contribution in [1.82, 2.24) is 9.21 Å². The number of hydrogen-bond acceptors (Lipinski definition) is 5. The average molecular weight is 370 g/mol. The fraction of sp³-hybridized carbons (Fsp3) is 0.500. The van der Waals surface area contributed by atoms with Gasteiger partial charge in [0.25, 0.3) is 5.91 Å². The van der Waals surface area contributed by atoms with Gasteiger partial charge in [-0.1, -0.05) is 0 Å². The minimum atomic E-state index is -3.68. The lowest BCUT2D eigenvalue weighted by Gasteiger charge is -2.30. The van der Waals surface area contributed by atoms with E-state index < -0.39 is 21.9 Å². The van der Waals surface area contributed by atoms with Gasteiger partial charge in [0.05, 0.1) is 23.5 Å². The molecule has 1 heterocycles. The number of rotatable bonds is 5. The Labute approximate surface area is 147 Å². The molecule has 9 heteroatoms. The number of amides is 1. The van der Waals surface area contributed by atoms with E-state index in [-0.39, 0.29) is 22.1 Å². The zero-order valence-electron chi connectivity index (χ0n) is 14.4. The van der Waals surface area contributed by atoms with Crippen LogP contribution in [0.15, 0.2) is 23.1 Å². The third kappa shape index (κ3) is 3.93. The Kier molecular flexibility index (Phi) is 5.69. The van der Waals surface area contributed by atoms with Crippen LogP contribution < -0.4 is 4.74 Å². The molecule has 8 nitrogen and oxygen atoms in total. The average Bonchev–Trinajstić information content (AvgIpc) is 2.60. The Morgan fingerprint density at radius 2 is 1.84 bits per heavy atom. The van der Waals surface area contributed by atoms with Gasteiger partial charge in [-0.2, -0.15) is 0 Å². The minimum absolute atomic E-state index is 0.00192. The summed E-state index contributed by atoms with van der Waals surface area (Å²) in [6, 6.07) is 4.15. The number of aliphatic carboxylic acids is 1. The number of sulfonamides is 1. The van der Waals surface area contributed by atoms with Gasteiger partial charge in [0, 0.05) is 27.2 Å². The second kappa shape index (κ2) is 7.40. The van der Waals surface area contributed by atoms with Crippen molar-refractivity contribution in [3.63, 3.8) is 0 Å². The van der Waals surface area contributed by atoms with Crippen LogP contribution >= 0.6 is 0 Å². The summed E-state index contributed by atoms with van der Waals surface area (Å²) < 4.78 is 30.9. The zero-order chi connectivity index (χ0) is 18.8. The van der Waals surface area contributed by atoms with Crippen molar-refractivity contribution < 1.29 is 27.9 Å². The maximum absolute atomic E-state index is 12.8. The SMILES string of the molecule is COc1ccc(S(=O)(=O)N(C)C)cc1C(=O)N1CCC(C(=O)O)CC1. The van der Waals surface area contributed by atoms with Crippen molar-refractivity contribution in [3.8, 4) is 5.75 Å². The lowest BCUT2D eigenvalue weighted by atomic mass is 9.96. The standard InChI is InChI=1S/C16H22N2O6S/c1-17(2)25(22,23)12-4-5-14(24-3)13(10-12)15(19)18-8-6-11(7-9-18)16(20)21/h4-5,10-11H,6-9H2,1-3H3,(H,20,21). The van der Waals surface area contributed by atoms with Crippen LogP contribution in [-0.4, -0.2) is 68.9 Å². The molecule has 0 aliphatic carbocycles. The Hall–Kier alpha value is -2.13. The summed E-state index contributed by atoms with van der Waals surface area (Å²) in [5.74, 6) is -1.39. The van der Waals surface area contributed by atoms with Crippen molar-refractivity contribution in [1.29, 1.82) is 0 Å². The molecule has 1 amide bonds. The Balaban J connectivity index is 2.31. The summed E-state index contributed by atoms with van der Waals surface area (Å²) in [6.07, 6.45) is 0.748. The van der Waals surface area contributed by atoms with E-state index in [2.05, 4.69) is 0 Å². The predicted molar refractivity (Wildman–Crippen MR) is 90.1 cm³/mol. The Morgan fingerprint density at radius 1 is 1.24 bits per heavy atom. The summed E-state index contributed by atoms with van der Waals surface area (Å²) in [5, 5.41) is 9.05. The first kappa shape index (κ1) is 19.2. The highest BCUT2D eigenvalue weighted by Gasteiger charge is 2.29. The van der Waals surface area contributed by atoms with Crippen molar-refractivity contribution >= 4 is 21.9 Å². The van der Waals surface area contributed by atoms with Crippen LogP contribution in [0.25, 0.3) is 0 Å². The fourth-order valence-electron chi connectivity index (χ4n) is 2.73. The molecule has 1 aliphatic rings. The van der Waals surface area contributed by atoms with Gasteiger partial charge in [0.15, 0.2) is 0 Å². The molecule has 0 bridgehead atoms. The monoisotopic (exact) mass is 370 g/mol. The van der Waals surface area contributed by atoms with Gasteiger partial charge in [0.1, 0.15) is 5.75 Å². The molecule has 0 radical (unpaired) electrons. The van der Waals surface area contributed by atoms with E-state index in [1.807, 2.05) is 0 Å². The quantitative estimate of drug-likeness (QED) is 0.825. The van der Waals surface area contributed by atoms with Gasteiger partial charge in [-0.05, 0) is 31.0 Å². The lowest BCUT2D eigenvalue weighted by Crippen LogP contribution is -2.40. The van der Waals surface area contributed by atoms with Crippen LogP contribution in [-0.2, 0) is 14.8 Å². The molecule has 1 N–H and O–H groups in total. The highest BCUT2D eigenvalue weighted by molar-refractivity contribution is 7.89. The minimum Gasteiger partial charge on any atom is -0.496 e. The number of carbonyl (C=O) groups is 2. The number of carboxylic acids is 1. The van der Waals surface area contributed by atoms with Gasteiger partial charge >= 0.3 is 5.97 Å². The topological polar surface area (TPSA) is 104 Å². The summed E-state index contributed by atoms with van der Waals surface area (Å²) in [6.45, 7) is 0.618. The molecule has 2 rings (SSSR count). The second-order valence-corrected chi connectivity index (χ2v) is 8.21. The number of benzene rings is 1. The third-order valence-corrected chi connectivity index (χ3v) is 6.12. The summed E-state index contributed by atoms with van der Waals surface area (Å²) in [4.78, 5) is 25.4. The van der Waals surface area contributed by atoms with Gasteiger partial charge < -0.3 is 14.7 Å². The van der Waals surface area contributed by atoms with E-state index in [1.165, 1.54) is 44.3 Å². The molecule has 138 valence electrons. The number of piperidine rings is 1. The highest BCUT2D eigenvalue weighted by Crippen LogP contribution is 2.27. The lowest BCUT2D eigenvalue weighted by molar-refractivity contribution is -0.143. The first-order chi connectivity index (χ1) is 11.7. The van der Waals surface area contributed by atoms with Crippen molar-refractivity contribution in [2.75, 3.05) is 34.3 Å². The molecule has 25 heavy (non-hydrogen) atoms.